The van der Waals surface area contributed by atoms with Crippen molar-refractivity contribution in [2.45, 2.75) is 18.4 Å². The Labute approximate surface area is 177 Å². The summed E-state index contributed by atoms with van der Waals surface area (Å²) in [6, 6.07) is 19.1. The van der Waals surface area contributed by atoms with E-state index in [0.717, 1.165) is 11.1 Å². The molecule has 0 atom stereocenters. The van der Waals surface area contributed by atoms with Crippen molar-refractivity contribution >= 4 is 15.7 Å². The van der Waals surface area contributed by atoms with E-state index in [1.165, 1.54) is 4.31 Å². The summed E-state index contributed by atoms with van der Waals surface area (Å²) in [4.78, 5) is 0.221. The number of nitrogens with zero attached hydrogens (tertiary/aromatic N) is 1. The lowest BCUT2D eigenvalue weighted by molar-refractivity contribution is 0.393. The molecule has 0 bridgehead atoms. The average Bonchev–Trinajstić information content (AvgIpc) is 2.77. The van der Waals surface area contributed by atoms with Gasteiger partial charge in [-0.2, -0.15) is 0 Å². The molecule has 0 fully saturated rings. The number of sulfonamides is 1. The molecule has 0 unspecified atom stereocenters. The second-order valence-electron chi connectivity index (χ2n) is 6.74. The van der Waals surface area contributed by atoms with Gasteiger partial charge in [0.05, 0.1) is 38.5 Å². The van der Waals surface area contributed by atoms with Gasteiger partial charge in [0.25, 0.3) is 10.0 Å². The number of methoxy groups -OCH3 is 3. The first-order valence-corrected chi connectivity index (χ1v) is 10.8. The van der Waals surface area contributed by atoms with E-state index < -0.39 is 10.0 Å². The zero-order chi connectivity index (χ0) is 21.7. The van der Waals surface area contributed by atoms with Crippen LogP contribution in [0.15, 0.2) is 71.6 Å². The predicted molar refractivity (Wildman–Crippen MR) is 117 cm³/mol. The van der Waals surface area contributed by atoms with Crippen molar-refractivity contribution in [2.24, 2.45) is 0 Å². The molecule has 3 aromatic carbocycles. The molecule has 0 aliphatic heterocycles. The number of hydrogen-bond acceptors (Lipinski definition) is 5. The molecule has 0 radical (unpaired) electrons. The lowest BCUT2D eigenvalue weighted by Crippen LogP contribution is -2.30. The van der Waals surface area contributed by atoms with Crippen LogP contribution in [0.3, 0.4) is 0 Å². The fourth-order valence-corrected chi connectivity index (χ4v) is 4.48. The Balaban J connectivity index is 2.08. The summed E-state index contributed by atoms with van der Waals surface area (Å²) >= 11 is 0. The first-order chi connectivity index (χ1) is 14.4. The van der Waals surface area contributed by atoms with Gasteiger partial charge in [0.1, 0.15) is 17.2 Å². The molecule has 0 heterocycles. The van der Waals surface area contributed by atoms with Gasteiger partial charge in [-0.15, -0.1) is 0 Å². The highest BCUT2D eigenvalue weighted by molar-refractivity contribution is 7.92. The van der Waals surface area contributed by atoms with E-state index in [0.29, 0.717) is 22.9 Å². The summed E-state index contributed by atoms with van der Waals surface area (Å²) in [5.74, 6) is 1.83. The van der Waals surface area contributed by atoms with E-state index in [4.69, 9.17) is 14.2 Å². The molecule has 0 spiro atoms. The van der Waals surface area contributed by atoms with Crippen LogP contribution in [-0.4, -0.2) is 29.7 Å². The van der Waals surface area contributed by atoms with Gasteiger partial charge in [-0.05, 0) is 61.0 Å². The first-order valence-electron chi connectivity index (χ1n) is 9.33. The summed E-state index contributed by atoms with van der Waals surface area (Å²) in [5.41, 5.74) is 2.25. The second kappa shape index (κ2) is 9.09. The molecule has 0 aliphatic rings. The van der Waals surface area contributed by atoms with Crippen molar-refractivity contribution in [2.75, 3.05) is 25.6 Å². The van der Waals surface area contributed by atoms with Gasteiger partial charge >= 0.3 is 0 Å². The zero-order valence-corrected chi connectivity index (χ0v) is 18.3. The van der Waals surface area contributed by atoms with E-state index in [1.54, 1.807) is 88.1 Å². The minimum absolute atomic E-state index is 0.107. The lowest BCUT2D eigenvalue weighted by Gasteiger charge is -2.25. The van der Waals surface area contributed by atoms with E-state index in [1.807, 2.05) is 6.92 Å². The topological polar surface area (TPSA) is 65.1 Å². The summed E-state index contributed by atoms with van der Waals surface area (Å²) in [6.07, 6.45) is 0. The molecule has 7 heteroatoms. The average molecular weight is 428 g/mol. The van der Waals surface area contributed by atoms with E-state index in [-0.39, 0.29) is 11.4 Å². The van der Waals surface area contributed by atoms with Gasteiger partial charge in [0.15, 0.2) is 0 Å². The highest BCUT2D eigenvalue weighted by Gasteiger charge is 2.25. The van der Waals surface area contributed by atoms with Crippen LogP contribution in [0.4, 0.5) is 5.69 Å². The fourth-order valence-electron chi connectivity index (χ4n) is 3.02. The number of benzene rings is 3. The summed E-state index contributed by atoms with van der Waals surface area (Å²) in [5, 5.41) is 0. The highest BCUT2D eigenvalue weighted by atomic mass is 32.2. The summed E-state index contributed by atoms with van der Waals surface area (Å²) in [7, 11) is 0.868. The van der Waals surface area contributed by atoms with Gasteiger partial charge in [-0.3, -0.25) is 4.31 Å². The van der Waals surface area contributed by atoms with Crippen LogP contribution < -0.4 is 18.5 Å². The maximum absolute atomic E-state index is 13.5. The molecule has 3 aromatic rings. The third-order valence-corrected chi connectivity index (χ3v) is 6.49. The van der Waals surface area contributed by atoms with E-state index >= 15 is 0 Å². The number of rotatable bonds is 8. The van der Waals surface area contributed by atoms with Gasteiger partial charge in [-0.1, -0.05) is 17.7 Å². The Morgan fingerprint density at radius 1 is 0.733 bits per heavy atom. The number of aryl methyl sites for hydroxylation is 1. The third-order valence-electron chi connectivity index (χ3n) is 4.71. The monoisotopic (exact) mass is 427 g/mol. The van der Waals surface area contributed by atoms with Gasteiger partial charge < -0.3 is 14.2 Å². The van der Waals surface area contributed by atoms with Crippen molar-refractivity contribution < 1.29 is 22.6 Å². The minimum Gasteiger partial charge on any atom is -0.497 e. The van der Waals surface area contributed by atoms with Gasteiger partial charge in [0.2, 0.25) is 0 Å². The van der Waals surface area contributed by atoms with Crippen LogP contribution in [0.25, 0.3) is 0 Å². The van der Waals surface area contributed by atoms with Crippen molar-refractivity contribution in [3.63, 3.8) is 0 Å². The van der Waals surface area contributed by atoms with Crippen molar-refractivity contribution in [1.29, 1.82) is 0 Å². The molecule has 0 saturated heterocycles. The Morgan fingerprint density at radius 3 is 1.77 bits per heavy atom. The van der Waals surface area contributed by atoms with Crippen molar-refractivity contribution in [3.8, 4) is 17.2 Å². The highest BCUT2D eigenvalue weighted by Crippen LogP contribution is 2.30. The van der Waals surface area contributed by atoms with Gasteiger partial charge in [0, 0.05) is 6.07 Å². The minimum atomic E-state index is -3.82. The van der Waals surface area contributed by atoms with Crippen LogP contribution in [0.1, 0.15) is 11.1 Å². The maximum Gasteiger partial charge on any atom is 0.264 e. The Kier molecular flexibility index (Phi) is 6.52. The molecular weight excluding hydrogens is 402 g/mol. The van der Waals surface area contributed by atoms with Crippen LogP contribution in [0.5, 0.6) is 17.2 Å². The normalized spacial score (nSPS) is 11.1. The van der Waals surface area contributed by atoms with Crippen LogP contribution >= 0.6 is 0 Å². The Hall–Kier alpha value is -3.19. The molecule has 158 valence electrons. The molecule has 0 N–H and O–H groups in total. The number of hydrogen-bond donors (Lipinski definition) is 0. The summed E-state index contributed by atoms with van der Waals surface area (Å²) in [6.45, 7) is 2.02. The van der Waals surface area contributed by atoms with E-state index in [9.17, 15) is 8.42 Å². The van der Waals surface area contributed by atoms with Crippen LogP contribution in [0.2, 0.25) is 0 Å². The largest absolute Gasteiger partial charge is 0.497 e. The summed E-state index contributed by atoms with van der Waals surface area (Å²) < 4.78 is 44.3. The smallest absolute Gasteiger partial charge is 0.264 e. The molecule has 30 heavy (non-hydrogen) atoms. The van der Waals surface area contributed by atoms with Gasteiger partial charge in [-0.25, -0.2) is 8.42 Å². The molecule has 0 saturated carbocycles. The second-order valence-corrected chi connectivity index (χ2v) is 8.61. The standard InChI is InChI=1S/C23H25NO5S/c1-17-5-11-23(12-6-17)30(25,26)24(19-7-9-20(27-2)10-8-19)16-18-13-21(28-3)15-22(14-18)29-4/h5-15H,16H2,1-4H3. The Morgan fingerprint density at radius 2 is 1.27 bits per heavy atom. The zero-order valence-electron chi connectivity index (χ0n) is 17.5. The van der Waals surface area contributed by atoms with Crippen LogP contribution in [0, 0.1) is 6.92 Å². The quantitative estimate of drug-likeness (QED) is 0.533. The Bertz CT molecular complexity index is 1070. The first kappa shape index (κ1) is 21.5. The number of ether oxygens (including phenoxy) is 3. The fraction of sp³-hybridized carbons (Fsp3) is 0.217. The number of anilines is 1. The molecule has 3 rings (SSSR count). The third kappa shape index (κ3) is 4.68. The molecule has 0 aliphatic carbocycles. The van der Waals surface area contributed by atoms with Crippen LogP contribution in [-0.2, 0) is 16.6 Å². The van der Waals surface area contributed by atoms with E-state index in [2.05, 4.69) is 0 Å². The molecule has 0 amide bonds. The SMILES string of the molecule is COc1ccc(N(Cc2cc(OC)cc(OC)c2)S(=O)(=O)c2ccc(C)cc2)cc1. The van der Waals surface area contributed by atoms with Crippen molar-refractivity contribution in [1.82, 2.24) is 0 Å². The predicted octanol–water partition coefficient (Wildman–Crippen LogP) is 4.42. The maximum atomic E-state index is 13.5. The lowest BCUT2D eigenvalue weighted by atomic mass is 10.2. The molecule has 0 aromatic heterocycles. The molecular formula is C23H25NO5S. The molecule has 6 nitrogen and oxygen atoms in total. The van der Waals surface area contributed by atoms with Crippen molar-refractivity contribution in [3.05, 3.63) is 77.9 Å².